The lowest BCUT2D eigenvalue weighted by atomic mass is 9.85. The van der Waals surface area contributed by atoms with Crippen LogP contribution < -0.4 is 16.0 Å². The number of aryl methyl sites for hydroxylation is 1. The van der Waals surface area contributed by atoms with Gasteiger partial charge in [0.15, 0.2) is 0 Å². The van der Waals surface area contributed by atoms with Gasteiger partial charge in [0.05, 0.1) is 28.7 Å². The number of fused-ring (bicyclic) bond motifs is 1. The van der Waals surface area contributed by atoms with Crippen molar-refractivity contribution in [1.29, 1.82) is 5.26 Å². The second-order valence-corrected chi connectivity index (χ2v) is 11.9. The summed E-state index contributed by atoms with van der Waals surface area (Å²) < 4.78 is 0. The van der Waals surface area contributed by atoms with E-state index in [-0.39, 0.29) is 11.8 Å². The summed E-state index contributed by atoms with van der Waals surface area (Å²) >= 11 is 0. The molecule has 0 atom stereocenters. The number of aromatic nitrogens is 2. The number of nitrogens with one attached hydrogen (secondary N) is 3. The van der Waals surface area contributed by atoms with Gasteiger partial charge < -0.3 is 20.9 Å². The monoisotopic (exact) mass is 589 g/mol. The Labute approximate surface area is 258 Å². The van der Waals surface area contributed by atoms with E-state index < -0.39 is 5.41 Å². The minimum absolute atomic E-state index is 0.286. The molecule has 0 spiro atoms. The van der Waals surface area contributed by atoms with Gasteiger partial charge in [0, 0.05) is 29.0 Å². The van der Waals surface area contributed by atoms with E-state index in [1.807, 2.05) is 32.9 Å². The number of nitrogens with zero attached hydrogens (tertiary/aromatic N) is 4. The van der Waals surface area contributed by atoms with Crippen LogP contribution in [0.4, 0.5) is 17.2 Å². The molecule has 9 nitrogen and oxygen atoms in total. The van der Waals surface area contributed by atoms with Crippen LogP contribution in [-0.4, -0.2) is 52.9 Å². The van der Waals surface area contributed by atoms with Crippen molar-refractivity contribution in [3.63, 3.8) is 0 Å². The van der Waals surface area contributed by atoms with Gasteiger partial charge in [-0.2, -0.15) is 5.26 Å². The van der Waals surface area contributed by atoms with Gasteiger partial charge >= 0.3 is 0 Å². The molecule has 44 heavy (non-hydrogen) atoms. The van der Waals surface area contributed by atoms with Crippen molar-refractivity contribution in [1.82, 2.24) is 14.9 Å². The Hall–Kier alpha value is -4.81. The fourth-order valence-corrected chi connectivity index (χ4v) is 5.29. The fraction of sp³-hybridized carbons (Fsp3) is 0.343. The fourth-order valence-electron chi connectivity index (χ4n) is 5.29. The maximum Gasteiger partial charge on any atom is 0.255 e. The summed E-state index contributed by atoms with van der Waals surface area (Å²) in [5.41, 5.74) is 4.29. The van der Waals surface area contributed by atoms with Crippen LogP contribution in [-0.2, 0) is 5.41 Å². The highest BCUT2D eigenvalue weighted by atomic mass is 16.2. The first-order valence-electron chi connectivity index (χ1n) is 15.2. The zero-order valence-electron chi connectivity index (χ0n) is 25.6. The highest BCUT2D eigenvalue weighted by Gasteiger charge is 2.21. The number of nitriles is 1. The van der Waals surface area contributed by atoms with Crippen molar-refractivity contribution in [2.75, 3.05) is 42.1 Å². The number of hydrogen-bond donors (Lipinski definition) is 3. The van der Waals surface area contributed by atoms with Crippen LogP contribution in [0.3, 0.4) is 0 Å². The van der Waals surface area contributed by atoms with E-state index in [9.17, 15) is 14.9 Å². The van der Waals surface area contributed by atoms with Crippen LogP contribution >= 0.6 is 0 Å². The first kappa shape index (κ1) is 30.6. The molecule has 226 valence electrons. The number of carbonyl (C=O) groups is 2. The molecule has 3 N–H and O–H groups in total. The molecule has 0 bridgehead atoms. The Kier molecular flexibility index (Phi) is 9.51. The van der Waals surface area contributed by atoms with E-state index >= 15 is 0 Å². The molecule has 3 aromatic carbocycles. The summed E-state index contributed by atoms with van der Waals surface area (Å²) in [6.07, 6.45) is 6.70. The number of benzene rings is 3. The third-order valence-corrected chi connectivity index (χ3v) is 8.08. The number of amides is 2. The Bertz CT molecular complexity index is 1700. The largest absolute Gasteiger partial charge is 0.369 e. The number of rotatable bonds is 10. The molecule has 1 aromatic heterocycles. The van der Waals surface area contributed by atoms with Crippen LogP contribution in [0.25, 0.3) is 11.0 Å². The average molecular weight is 590 g/mol. The van der Waals surface area contributed by atoms with E-state index in [4.69, 9.17) is 0 Å². The van der Waals surface area contributed by atoms with Crippen LogP contribution in [0.2, 0.25) is 0 Å². The third kappa shape index (κ3) is 7.57. The molecule has 5 rings (SSSR count). The molecule has 1 fully saturated rings. The number of hydrogen-bond acceptors (Lipinski definition) is 7. The number of piperidine rings is 1. The van der Waals surface area contributed by atoms with Crippen LogP contribution in [0.15, 0.2) is 66.9 Å². The molecule has 9 heteroatoms. The van der Waals surface area contributed by atoms with Crippen LogP contribution in [0, 0.1) is 18.3 Å². The van der Waals surface area contributed by atoms with Gasteiger partial charge in [-0.05, 0) is 113 Å². The van der Waals surface area contributed by atoms with Gasteiger partial charge in [-0.25, -0.2) is 4.98 Å². The zero-order chi connectivity index (χ0) is 31.1. The number of carbonyl (C=O) groups excluding carboxylic acids is 2. The van der Waals surface area contributed by atoms with E-state index in [1.165, 1.54) is 32.4 Å². The summed E-state index contributed by atoms with van der Waals surface area (Å²) in [5.74, 6) is 0.139. The van der Waals surface area contributed by atoms with Gasteiger partial charge in [-0.3, -0.25) is 14.6 Å². The molecule has 2 amide bonds. The van der Waals surface area contributed by atoms with E-state index in [0.717, 1.165) is 36.5 Å². The van der Waals surface area contributed by atoms with Crippen molar-refractivity contribution in [2.45, 2.75) is 51.9 Å². The summed E-state index contributed by atoms with van der Waals surface area (Å²) in [4.78, 5) is 38.0. The molecule has 0 unspecified atom stereocenters. The molecule has 1 aliphatic heterocycles. The van der Waals surface area contributed by atoms with Gasteiger partial charge in [0.1, 0.15) is 5.82 Å². The Morgan fingerprint density at radius 1 is 0.932 bits per heavy atom. The predicted molar refractivity (Wildman–Crippen MR) is 175 cm³/mol. The van der Waals surface area contributed by atoms with Crippen LogP contribution in [0.5, 0.6) is 0 Å². The highest BCUT2D eigenvalue weighted by molar-refractivity contribution is 6.07. The van der Waals surface area contributed by atoms with Crippen molar-refractivity contribution in [3.8, 4) is 6.07 Å². The zero-order valence-corrected chi connectivity index (χ0v) is 25.6. The number of anilines is 3. The molecule has 0 aliphatic carbocycles. The van der Waals surface area contributed by atoms with E-state index in [2.05, 4.69) is 36.9 Å². The Morgan fingerprint density at radius 2 is 1.70 bits per heavy atom. The molecular formula is C35H39N7O2. The lowest BCUT2D eigenvalue weighted by Crippen LogP contribution is -2.31. The molecule has 1 aliphatic rings. The first-order valence-corrected chi connectivity index (χ1v) is 15.2. The maximum absolute atomic E-state index is 13.2. The minimum Gasteiger partial charge on any atom is -0.369 e. The summed E-state index contributed by atoms with van der Waals surface area (Å²) in [5, 5.41) is 18.7. The summed E-state index contributed by atoms with van der Waals surface area (Å²) in [6.45, 7) is 9.85. The third-order valence-electron chi connectivity index (χ3n) is 8.08. The SMILES string of the molecule is Cc1ccc(NC(=O)c2cccc(C(C)(C)C#N)c2)cc1NC(=O)c1ccc2nc(NCCCN3CCCCC3)cnc2c1. The first-order chi connectivity index (χ1) is 21.2. The van der Waals surface area contributed by atoms with Gasteiger partial charge in [0.2, 0.25) is 0 Å². The quantitative estimate of drug-likeness (QED) is 0.180. The Morgan fingerprint density at radius 3 is 2.50 bits per heavy atom. The van der Waals surface area contributed by atoms with E-state index in [0.29, 0.717) is 33.5 Å². The maximum atomic E-state index is 13.2. The van der Waals surface area contributed by atoms with Gasteiger partial charge in [0.25, 0.3) is 11.8 Å². The van der Waals surface area contributed by atoms with Gasteiger partial charge in [-0.15, -0.1) is 0 Å². The van der Waals surface area contributed by atoms with Gasteiger partial charge in [-0.1, -0.05) is 24.6 Å². The second-order valence-electron chi connectivity index (χ2n) is 11.9. The van der Waals surface area contributed by atoms with Crippen molar-refractivity contribution < 1.29 is 9.59 Å². The molecule has 1 saturated heterocycles. The summed E-state index contributed by atoms with van der Waals surface area (Å²) in [6, 6.07) is 20.0. The van der Waals surface area contributed by atoms with Crippen LogP contribution in [0.1, 0.15) is 71.4 Å². The predicted octanol–water partition coefficient (Wildman–Crippen LogP) is 6.53. The smallest absolute Gasteiger partial charge is 0.255 e. The highest BCUT2D eigenvalue weighted by Crippen LogP contribution is 2.25. The average Bonchev–Trinajstić information content (AvgIpc) is 3.04. The lowest BCUT2D eigenvalue weighted by molar-refractivity contribution is 0.101. The molecule has 4 aromatic rings. The number of likely N-dealkylation sites (tertiary alicyclic amines) is 1. The molecular weight excluding hydrogens is 550 g/mol. The van der Waals surface area contributed by atoms with E-state index in [1.54, 1.807) is 54.7 Å². The van der Waals surface area contributed by atoms with Crippen molar-refractivity contribution in [3.05, 3.63) is 89.1 Å². The molecule has 0 radical (unpaired) electrons. The second kappa shape index (κ2) is 13.7. The normalized spacial score (nSPS) is 13.7. The lowest BCUT2D eigenvalue weighted by Gasteiger charge is -2.26. The topological polar surface area (TPSA) is 123 Å². The standard InChI is InChI=1S/C35H39N7O2/c1-24-11-13-28(39-33(43)25-9-7-10-27(19-25)35(2,3)23-36)21-30(24)41-34(44)26-12-14-29-31(20-26)38-22-32(40-29)37-15-8-18-42-16-5-4-6-17-42/h7,9-14,19-22H,4-6,8,15-18H2,1-3H3,(H,37,40)(H,39,43)(H,41,44). The van der Waals surface area contributed by atoms with Crippen molar-refractivity contribution >= 4 is 40.0 Å². The molecule has 2 heterocycles. The molecule has 0 saturated carbocycles. The Balaban J connectivity index is 1.20. The minimum atomic E-state index is -0.711. The summed E-state index contributed by atoms with van der Waals surface area (Å²) in [7, 11) is 0. The van der Waals surface area contributed by atoms with Crippen molar-refractivity contribution in [2.24, 2.45) is 0 Å².